The Morgan fingerprint density at radius 1 is 1.33 bits per heavy atom. The van der Waals surface area contributed by atoms with Crippen LogP contribution in [0.1, 0.15) is 25.5 Å². The van der Waals surface area contributed by atoms with Gasteiger partial charge in [-0.2, -0.15) is 0 Å². The number of fused-ring (bicyclic) bond motifs is 1. The Morgan fingerprint density at radius 2 is 2.13 bits per heavy atom. The molecule has 0 atom stereocenters. The lowest BCUT2D eigenvalue weighted by Crippen LogP contribution is -2.26. The van der Waals surface area contributed by atoms with Gasteiger partial charge in [0.15, 0.2) is 0 Å². The van der Waals surface area contributed by atoms with Gasteiger partial charge in [0, 0.05) is 10.9 Å². The Balaban J connectivity index is 1.79. The van der Waals surface area contributed by atoms with Crippen LogP contribution in [0.15, 0.2) is 34.7 Å². The lowest BCUT2D eigenvalue weighted by molar-refractivity contribution is 0.466. The Labute approximate surface area is 89.3 Å². The van der Waals surface area contributed by atoms with Crippen LogP contribution in [0.25, 0.3) is 11.0 Å². The van der Waals surface area contributed by atoms with Crippen molar-refractivity contribution in [1.82, 2.24) is 5.32 Å². The molecular formula is C13H15NO. The smallest absolute Gasteiger partial charge is 0.134 e. The summed E-state index contributed by atoms with van der Waals surface area (Å²) in [6.07, 6.45) is 2.57. The van der Waals surface area contributed by atoms with Gasteiger partial charge in [-0.25, -0.2) is 0 Å². The molecule has 1 aromatic carbocycles. The van der Waals surface area contributed by atoms with Crippen LogP contribution in [0.3, 0.4) is 0 Å². The van der Waals surface area contributed by atoms with Gasteiger partial charge in [-0.05, 0) is 31.9 Å². The molecule has 1 N–H and O–H groups in total. The fourth-order valence-electron chi connectivity index (χ4n) is 1.79. The summed E-state index contributed by atoms with van der Waals surface area (Å²) in [4.78, 5) is 0. The summed E-state index contributed by atoms with van der Waals surface area (Å²) in [5.74, 6) is 1.03. The molecule has 2 heteroatoms. The van der Waals surface area contributed by atoms with Crippen molar-refractivity contribution in [1.29, 1.82) is 0 Å². The number of furan rings is 1. The highest BCUT2D eigenvalue weighted by Gasteiger charge is 2.36. The van der Waals surface area contributed by atoms with Crippen LogP contribution in [0.5, 0.6) is 0 Å². The van der Waals surface area contributed by atoms with E-state index in [1.54, 1.807) is 0 Å². The molecule has 0 saturated heterocycles. The van der Waals surface area contributed by atoms with Gasteiger partial charge in [0.25, 0.3) is 0 Å². The van der Waals surface area contributed by atoms with E-state index in [0.717, 1.165) is 17.9 Å². The molecule has 1 aliphatic carbocycles. The van der Waals surface area contributed by atoms with Crippen molar-refractivity contribution in [3.63, 3.8) is 0 Å². The molecule has 0 unspecified atom stereocenters. The summed E-state index contributed by atoms with van der Waals surface area (Å²) < 4.78 is 5.73. The monoisotopic (exact) mass is 201 g/mol. The second kappa shape index (κ2) is 3.11. The second-order valence-corrected chi connectivity index (χ2v) is 4.66. The Bertz CT molecular complexity index is 449. The zero-order valence-corrected chi connectivity index (χ0v) is 8.92. The fourth-order valence-corrected chi connectivity index (χ4v) is 1.79. The molecule has 1 aliphatic rings. The van der Waals surface area contributed by atoms with Crippen LogP contribution in [-0.2, 0) is 6.54 Å². The van der Waals surface area contributed by atoms with E-state index in [1.807, 2.05) is 18.2 Å². The van der Waals surface area contributed by atoms with E-state index >= 15 is 0 Å². The van der Waals surface area contributed by atoms with E-state index in [-0.39, 0.29) is 0 Å². The molecule has 2 nitrogen and oxygen atoms in total. The highest BCUT2D eigenvalue weighted by molar-refractivity contribution is 5.77. The standard InChI is InChI=1S/C13H15NO/c1-13(6-7-13)14-9-11-8-10-4-2-3-5-12(10)15-11/h2-5,8,14H,6-7,9H2,1H3. The molecule has 15 heavy (non-hydrogen) atoms. The van der Waals surface area contributed by atoms with Gasteiger partial charge in [0.05, 0.1) is 6.54 Å². The largest absolute Gasteiger partial charge is 0.460 e. The molecule has 3 rings (SSSR count). The van der Waals surface area contributed by atoms with Crippen molar-refractivity contribution in [3.05, 3.63) is 36.1 Å². The minimum atomic E-state index is 0.374. The first kappa shape index (κ1) is 8.98. The summed E-state index contributed by atoms with van der Waals surface area (Å²) >= 11 is 0. The van der Waals surface area contributed by atoms with E-state index in [1.165, 1.54) is 18.2 Å². The number of hydrogen-bond donors (Lipinski definition) is 1. The number of rotatable bonds is 3. The van der Waals surface area contributed by atoms with E-state index in [9.17, 15) is 0 Å². The van der Waals surface area contributed by atoms with Crippen molar-refractivity contribution in [2.45, 2.75) is 31.8 Å². The molecule has 0 spiro atoms. The molecule has 1 fully saturated rings. The maximum Gasteiger partial charge on any atom is 0.134 e. The Morgan fingerprint density at radius 3 is 2.87 bits per heavy atom. The van der Waals surface area contributed by atoms with Crippen LogP contribution < -0.4 is 5.32 Å². The van der Waals surface area contributed by atoms with Crippen molar-refractivity contribution >= 4 is 11.0 Å². The summed E-state index contributed by atoms with van der Waals surface area (Å²) in [5, 5.41) is 4.71. The third kappa shape index (κ3) is 1.77. The van der Waals surface area contributed by atoms with E-state index < -0.39 is 0 Å². The third-order valence-electron chi connectivity index (χ3n) is 3.17. The van der Waals surface area contributed by atoms with Crippen LogP contribution in [0.2, 0.25) is 0 Å². The predicted octanol–water partition coefficient (Wildman–Crippen LogP) is 3.07. The normalized spacial score (nSPS) is 18.2. The van der Waals surface area contributed by atoms with Crippen molar-refractivity contribution in [2.75, 3.05) is 0 Å². The number of benzene rings is 1. The molecule has 78 valence electrons. The maximum atomic E-state index is 5.73. The highest BCUT2D eigenvalue weighted by atomic mass is 16.3. The third-order valence-corrected chi connectivity index (χ3v) is 3.17. The van der Waals surface area contributed by atoms with Gasteiger partial charge in [0.2, 0.25) is 0 Å². The van der Waals surface area contributed by atoms with Crippen LogP contribution in [0, 0.1) is 0 Å². The minimum absolute atomic E-state index is 0.374. The van der Waals surface area contributed by atoms with E-state index in [4.69, 9.17) is 4.42 Å². The van der Waals surface area contributed by atoms with Crippen molar-refractivity contribution < 1.29 is 4.42 Å². The quantitative estimate of drug-likeness (QED) is 0.825. The van der Waals surface area contributed by atoms with Crippen molar-refractivity contribution in [3.8, 4) is 0 Å². The molecule has 1 heterocycles. The van der Waals surface area contributed by atoms with E-state index in [0.29, 0.717) is 5.54 Å². The Hall–Kier alpha value is -1.28. The first-order chi connectivity index (χ1) is 7.25. The molecule has 2 aromatic rings. The topological polar surface area (TPSA) is 25.2 Å². The average Bonchev–Trinajstić information content (AvgIpc) is 2.83. The zero-order chi connectivity index (χ0) is 10.3. The maximum absolute atomic E-state index is 5.73. The summed E-state index contributed by atoms with van der Waals surface area (Å²) in [6.45, 7) is 3.10. The lowest BCUT2D eigenvalue weighted by Gasteiger charge is -2.08. The van der Waals surface area contributed by atoms with Gasteiger partial charge < -0.3 is 9.73 Å². The van der Waals surface area contributed by atoms with Gasteiger partial charge in [0.1, 0.15) is 11.3 Å². The summed E-state index contributed by atoms with van der Waals surface area (Å²) in [6, 6.07) is 10.3. The zero-order valence-electron chi connectivity index (χ0n) is 8.92. The van der Waals surface area contributed by atoms with Gasteiger partial charge >= 0.3 is 0 Å². The second-order valence-electron chi connectivity index (χ2n) is 4.66. The molecule has 0 radical (unpaired) electrons. The number of nitrogens with one attached hydrogen (secondary N) is 1. The lowest BCUT2D eigenvalue weighted by atomic mass is 10.2. The van der Waals surface area contributed by atoms with Crippen molar-refractivity contribution in [2.24, 2.45) is 0 Å². The SMILES string of the molecule is CC1(NCc2cc3ccccc3o2)CC1. The Kier molecular flexibility index (Phi) is 1.86. The van der Waals surface area contributed by atoms with Gasteiger partial charge in [-0.3, -0.25) is 0 Å². The summed E-state index contributed by atoms with van der Waals surface area (Å²) in [7, 11) is 0. The van der Waals surface area contributed by atoms with Crippen LogP contribution >= 0.6 is 0 Å². The fraction of sp³-hybridized carbons (Fsp3) is 0.385. The molecule has 0 aliphatic heterocycles. The molecule has 0 amide bonds. The highest BCUT2D eigenvalue weighted by Crippen LogP contribution is 2.34. The van der Waals surface area contributed by atoms with Crippen LogP contribution in [0.4, 0.5) is 0 Å². The van der Waals surface area contributed by atoms with Crippen LogP contribution in [-0.4, -0.2) is 5.54 Å². The first-order valence-electron chi connectivity index (χ1n) is 5.48. The predicted molar refractivity (Wildman–Crippen MR) is 60.7 cm³/mol. The van der Waals surface area contributed by atoms with Gasteiger partial charge in [-0.15, -0.1) is 0 Å². The van der Waals surface area contributed by atoms with E-state index in [2.05, 4.69) is 24.4 Å². The molecule has 1 aromatic heterocycles. The first-order valence-corrected chi connectivity index (χ1v) is 5.48. The summed E-state index contributed by atoms with van der Waals surface area (Å²) in [5.41, 5.74) is 1.36. The number of para-hydroxylation sites is 1. The average molecular weight is 201 g/mol. The minimum Gasteiger partial charge on any atom is -0.460 e. The number of hydrogen-bond acceptors (Lipinski definition) is 2. The molecule has 0 bridgehead atoms. The van der Waals surface area contributed by atoms with Gasteiger partial charge in [-0.1, -0.05) is 18.2 Å². The molecule has 1 saturated carbocycles. The molecular weight excluding hydrogens is 186 g/mol.